The third-order valence-electron chi connectivity index (χ3n) is 4.29. The molecule has 3 nitrogen and oxygen atoms in total. The molecule has 0 radical (unpaired) electrons. The van der Waals surface area contributed by atoms with E-state index in [0.717, 1.165) is 39.3 Å². The average molecular weight is 295 g/mol. The Balaban J connectivity index is 1.58. The third-order valence-corrected chi connectivity index (χ3v) is 4.29. The summed E-state index contributed by atoms with van der Waals surface area (Å²) in [5.41, 5.74) is 5.11. The van der Waals surface area contributed by atoms with Crippen LogP contribution in [0.3, 0.4) is 0 Å². The Kier molecular flexibility index (Phi) is 5.09. The van der Waals surface area contributed by atoms with Gasteiger partial charge in [0.2, 0.25) is 0 Å². The maximum absolute atomic E-state index is 3.58. The van der Waals surface area contributed by atoms with Gasteiger partial charge in [-0.3, -0.25) is 4.90 Å². The van der Waals surface area contributed by atoms with E-state index in [2.05, 4.69) is 71.0 Å². The lowest BCUT2D eigenvalue weighted by Crippen LogP contribution is -2.45. The summed E-state index contributed by atoms with van der Waals surface area (Å²) in [5.74, 6) is 0. The maximum Gasteiger partial charge on any atom is 0.0370 e. The minimum Gasteiger partial charge on any atom is -0.384 e. The minimum atomic E-state index is 1.01. The maximum atomic E-state index is 3.58. The van der Waals surface area contributed by atoms with E-state index < -0.39 is 0 Å². The Morgan fingerprint density at radius 2 is 1.77 bits per heavy atom. The Morgan fingerprint density at radius 3 is 2.50 bits per heavy atom. The number of benzene rings is 2. The van der Waals surface area contributed by atoms with Crippen LogP contribution in [0.4, 0.5) is 5.69 Å². The minimum absolute atomic E-state index is 1.01. The molecule has 2 aromatic carbocycles. The van der Waals surface area contributed by atoms with E-state index in [1.54, 1.807) is 0 Å². The second kappa shape index (κ2) is 7.43. The van der Waals surface area contributed by atoms with Gasteiger partial charge in [0.05, 0.1) is 0 Å². The van der Waals surface area contributed by atoms with E-state index in [-0.39, 0.29) is 0 Å². The van der Waals surface area contributed by atoms with Crippen molar-refractivity contribution in [2.24, 2.45) is 0 Å². The van der Waals surface area contributed by atoms with Gasteiger partial charge >= 0.3 is 0 Å². The molecule has 0 aromatic heterocycles. The average Bonchev–Trinajstić information content (AvgIpc) is 2.58. The van der Waals surface area contributed by atoms with Crippen LogP contribution in [0.15, 0.2) is 48.5 Å². The molecule has 3 rings (SSSR count). The molecule has 22 heavy (non-hydrogen) atoms. The van der Waals surface area contributed by atoms with E-state index in [9.17, 15) is 0 Å². The lowest BCUT2D eigenvalue weighted by molar-refractivity contribution is 0.249. The molecule has 2 N–H and O–H groups in total. The number of rotatable bonds is 5. The normalized spacial score (nSPS) is 15.7. The zero-order chi connectivity index (χ0) is 15.2. The first kappa shape index (κ1) is 15.1. The number of nitrogens with one attached hydrogen (secondary N) is 2. The van der Waals surface area contributed by atoms with Gasteiger partial charge in [-0.25, -0.2) is 0 Å². The highest BCUT2D eigenvalue weighted by Gasteiger charge is 2.08. The van der Waals surface area contributed by atoms with Crippen LogP contribution >= 0.6 is 0 Å². The monoisotopic (exact) mass is 295 g/mol. The number of aryl methyl sites for hydroxylation is 1. The van der Waals surface area contributed by atoms with E-state index in [0.29, 0.717) is 0 Å². The summed E-state index contributed by atoms with van der Waals surface area (Å²) < 4.78 is 0. The number of hydrogen-bond donors (Lipinski definition) is 2. The summed E-state index contributed by atoms with van der Waals surface area (Å²) in [6.45, 7) is 8.85. The largest absolute Gasteiger partial charge is 0.384 e. The van der Waals surface area contributed by atoms with Gasteiger partial charge in [0.15, 0.2) is 0 Å². The summed E-state index contributed by atoms with van der Waals surface area (Å²) in [4.78, 5) is 2.51. The highest BCUT2D eigenvalue weighted by Crippen LogP contribution is 2.24. The Labute approximate surface area is 133 Å². The first-order chi connectivity index (χ1) is 10.8. The fourth-order valence-corrected chi connectivity index (χ4v) is 2.96. The van der Waals surface area contributed by atoms with Crippen LogP contribution in [0.25, 0.3) is 11.1 Å². The van der Waals surface area contributed by atoms with Crippen molar-refractivity contribution in [3.8, 4) is 11.1 Å². The number of nitrogens with zero attached hydrogens (tertiary/aromatic N) is 1. The molecule has 0 saturated carbocycles. The Bertz CT molecular complexity index is 589. The fourth-order valence-electron chi connectivity index (χ4n) is 2.96. The second-order valence-electron chi connectivity index (χ2n) is 5.91. The molecular formula is C19H25N3. The molecule has 0 unspecified atom stereocenters. The first-order valence-corrected chi connectivity index (χ1v) is 8.16. The molecule has 0 amide bonds. The summed E-state index contributed by atoms with van der Waals surface area (Å²) in [5, 5.41) is 6.97. The van der Waals surface area contributed by atoms with Crippen molar-refractivity contribution in [2.75, 3.05) is 44.6 Å². The van der Waals surface area contributed by atoms with Crippen LogP contribution in [0.5, 0.6) is 0 Å². The van der Waals surface area contributed by atoms with Gasteiger partial charge in [-0.05, 0) is 35.7 Å². The van der Waals surface area contributed by atoms with Gasteiger partial charge in [-0.15, -0.1) is 0 Å². The zero-order valence-electron chi connectivity index (χ0n) is 13.3. The van der Waals surface area contributed by atoms with Gasteiger partial charge in [-0.2, -0.15) is 0 Å². The smallest absolute Gasteiger partial charge is 0.0370 e. The van der Waals surface area contributed by atoms with E-state index in [1.165, 1.54) is 22.4 Å². The standard InChI is InChI=1S/C19H25N3/c1-16-15-18(17-5-3-2-4-6-17)7-8-19(16)21-11-14-22-12-9-20-10-13-22/h2-8,15,20-21H,9-14H2,1H3. The fraction of sp³-hybridized carbons (Fsp3) is 0.368. The van der Waals surface area contributed by atoms with E-state index in [4.69, 9.17) is 0 Å². The van der Waals surface area contributed by atoms with Gasteiger partial charge in [-0.1, -0.05) is 36.4 Å². The van der Waals surface area contributed by atoms with Gasteiger partial charge in [0, 0.05) is 45.0 Å². The van der Waals surface area contributed by atoms with Crippen LogP contribution < -0.4 is 10.6 Å². The molecule has 1 fully saturated rings. The quantitative estimate of drug-likeness (QED) is 0.888. The van der Waals surface area contributed by atoms with Crippen molar-refractivity contribution < 1.29 is 0 Å². The second-order valence-corrected chi connectivity index (χ2v) is 5.91. The summed E-state index contributed by atoms with van der Waals surface area (Å²) in [6, 6.07) is 17.2. The molecule has 0 spiro atoms. The molecule has 0 atom stereocenters. The molecule has 2 aromatic rings. The van der Waals surface area contributed by atoms with Crippen LogP contribution in [-0.4, -0.2) is 44.2 Å². The van der Waals surface area contributed by atoms with Crippen molar-refractivity contribution in [3.63, 3.8) is 0 Å². The first-order valence-electron chi connectivity index (χ1n) is 8.16. The summed E-state index contributed by atoms with van der Waals surface area (Å²) >= 11 is 0. The Hall–Kier alpha value is -1.84. The van der Waals surface area contributed by atoms with Crippen molar-refractivity contribution in [1.82, 2.24) is 10.2 Å². The van der Waals surface area contributed by atoms with Crippen molar-refractivity contribution in [2.45, 2.75) is 6.92 Å². The lowest BCUT2D eigenvalue weighted by Gasteiger charge is -2.27. The predicted octanol–water partition coefficient (Wildman–Crippen LogP) is 2.98. The van der Waals surface area contributed by atoms with Gasteiger partial charge < -0.3 is 10.6 Å². The molecule has 0 bridgehead atoms. The zero-order valence-corrected chi connectivity index (χ0v) is 13.3. The molecule has 3 heteroatoms. The van der Waals surface area contributed by atoms with Crippen LogP contribution in [0, 0.1) is 6.92 Å². The molecule has 1 heterocycles. The third kappa shape index (κ3) is 3.87. The van der Waals surface area contributed by atoms with Crippen molar-refractivity contribution in [1.29, 1.82) is 0 Å². The molecule has 1 aliphatic rings. The van der Waals surface area contributed by atoms with E-state index in [1.807, 2.05) is 0 Å². The predicted molar refractivity (Wildman–Crippen MR) is 94.4 cm³/mol. The Morgan fingerprint density at radius 1 is 1.00 bits per heavy atom. The molecule has 116 valence electrons. The summed E-state index contributed by atoms with van der Waals surface area (Å²) in [6.07, 6.45) is 0. The molecular weight excluding hydrogens is 270 g/mol. The SMILES string of the molecule is Cc1cc(-c2ccccc2)ccc1NCCN1CCNCC1. The van der Waals surface area contributed by atoms with Gasteiger partial charge in [0.25, 0.3) is 0 Å². The molecule has 1 aliphatic heterocycles. The number of piperazine rings is 1. The lowest BCUT2D eigenvalue weighted by atomic mass is 10.0. The molecule has 0 aliphatic carbocycles. The van der Waals surface area contributed by atoms with Crippen LogP contribution in [0.1, 0.15) is 5.56 Å². The van der Waals surface area contributed by atoms with Crippen molar-refractivity contribution in [3.05, 3.63) is 54.1 Å². The highest BCUT2D eigenvalue weighted by molar-refractivity contribution is 5.68. The number of hydrogen-bond acceptors (Lipinski definition) is 3. The van der Waals surface area contributed by atoms with E-state index >= 15 is 0 Å². The van der Waals surface area contributed by atoms with Gasteiger partial charge in [0.1, 0.15) is 0 Å². The summed E-state index contributed by atoms with van der Waals surface area (Å²) in [7, 11) is 0. The molecule has 1 saturated heterocycles. The van der Waals surface area contributed by atoms with Crippen LogP contribution in [-0.2, 0) is 0 Å². The number of anilines is 1. The van der Waals surface area contributed by atoms with Crippen LogP contribution in [0.2, 0.25) is 0 Å². The highest BCUT2D eigenvalue weighted by atomic mass is 15.2. The van der Waals surface area contributed by atoms with Crippen molar-refractivity contribution >= 4 is 5.69 Å². The topological polar surface area (TPSA) is 27.3 Å².